The maximum atomic E-state index is 12.3. The van der Waals surface area contributed by atoms with Crippen LogP contribution in [0, 0.1) is 8.99 Å². The van der Waals surface area contributed by atoms with E-state index >= 15 is 0 Å². The summed E-state index contributed by atoms with van der Waals surface area (Å²) in [5.74, 6) is -1.11. The monoisotopic (exact) mass is 517 g/mol. The van der Waals surface area contributed by atoms with Crippen molar-refractivity contribution in [3.63, 3.8) is 0 Å². The van der Waals surface area contributed by atoms with E-state index in [9.17, 15) is 9.59 Å². The molecule has 0 bridgehead atoms. The quantitative estimate of drug-likeness (QED) is 0.260. The predicted octanol–water partition coefficient (Wildman–Crippen LogP) is 0.772. The summed E-state index contributed by atoms with van der Waals surface area (Å²) in [5, 5.41) is 0. The molecule has 0 radical (unpaired) electrons. The molecule has 25 heavy (non-hydrogen) atoms. The number of carbonyl (C=O) groups excluding carboxylic acids is 2. The van der Waals surface area contributed by atoms with E-state index in [1.807, 2.05) is 18.2 Å². The second-order valence-electron chi connectivity index (χ2n) is 5.74. The Balaban J connectivity index is 1.90. The summed E-state index contributed by atoms with van der Waals surface area (Å²) in [5.41, 5.74) is 0.576. The molecule has 0 atom stereocenters. The van der Waals surface area contributed by atoms with Crippen LogP contribution in [0.5, 0.6) is 0 Å². The number of rotatable bonds is 4. The predicted molar refractivity (Wildman–Crippen MR) is 102 cm³/mol. The summed E-state index contributed by atoms with van der Waals surface area (Å²) < 4.78 is 13.2. The standard InChI is InChI=1S/C18H16INO4Se/c1-23-16(21)18(17(22)24-2)8-11-7-15(20-10-12(11)9-18)25-14-6-4-3-5-13(14)19/h3-7,10H,8-9H2,1-2H3. The third-order valence-corrected chi connectivity index (χ3v) is 8.12. The first-order chi connectivity index (χ1) is 12.0. The number of methoxy groups -OCH3 is 2. The summed E-state index contributed by atoms with van der Waals surface area (Å²) in [7, 11) is 2.58. The van der Waals surface area contributed by atoms with E-state index in [-0.39, 0.29) is 21.4 Å². The number of fused-ring (bicyclic) bond motifs is 1. The number of nitrogens with zero attached hydrogens (tertiary/aromatic N) is 1. The number of hydrogen-bond acceptors (Lipinski definition) is 5. The van der Waals surface area contributed by atoms with E-state index in [0.717, 1.165) is 15.7 Å². The van der Waals surface area contributed by atoms with Crippen molar-refractivity contribution in [2.45, 2.75) is 12.8 Å². The fraction of sp³-hybridized carbons (Fsp3) is 0.278. The van der Waals surface area contributed by atoms with Crippen LogP contribution < -0.4 is 9.05 Å². The molecule has 3 rings (SSSR count). The second-order valence-corrected chi connectivity index (χ2v) is 9.13. The first-order valence-electron chi connectivity index (χ1n) is 7.57. The summed E-state index contributed by atoms with van der Waals surface area (Å²) in [6, 6.07) is 10.2. The van der Waals surface area contributed by atoms with Gasteiger partial charge in [0.1, 0.15) is 0 Å². The number of pyridine rings is 1. The van der Waals surface area contributed by atoms with Gasteiger partial charge < -0.3 is 0 Å². The van der Waals surface area contributed by atoms with E-state index in [4.69, 9.17) is 9.47 Å². The van der Waals surface area contributed by atoms with Crippen molar-refractivity contribution >= 4 is 58.5 Å². The van der Waals surface area contributed by atoms with Gasteiger partial charge in [-0.2, -0.15) is 0 Å². The Morgan fingerprint density at radius 2 is 1.76 bits per heavy atom. The van der Waals surface area contributed by atoms with Crippen molar-refractivity contribution in [3.05, 3.63) is 51.2 Å². The van der Waals surface area contributed by atoms with Crippen molar-refractivity contribution in [2.24, 2.45) is 5.41 Å². The van der Waals surface area contributed by atoms with E-state index in [2.05, 4.69) is 39.7 Å². The summed E-state index contributed by atoms with van der Waals surface area (Å²) in [4.78, 5) is 29.1. The molecule has 0 unspecified atom stereocenters. The maximum absolute atomic E-state index is 12.3. The molecule has 1 aliphatic rings. The molecule has 1 aromatic carbocycles. The van der Waals surface area contributed by atoms with Crippen LogP contribution in [-0.2, 0) is 31.9 Å². The molecule has 1 aliphatic carbocycles. The average Bonchev–Trinajstić information content (AvgIpc) is 3.02. The third kappa shape index (κ3) is 3.45. The average molecular weight is 516 g/mol. The van der Waals surface area contributed by atoms with Crippen LogP contribution in [-0.4, -0.2) is 46.1 Å². The van der Waals surface area contributed by atoms with Crippen LogP contribution in [0.4, 0.5) is 0 Å². The van der Waals surface area contributed by atoms with Gasteiger partial charge in [-0.3, -0.25) is 0 Å². The SMILES string of the molecule is COC(=O)C1(C(=O)OC)Cc2cnc([Se]c3ccccc3I)cc2C1. The minimum absolute atomic E-state index is 0.0641. The fourth-order valence-corrected chi connectivity index (χ4v) is 5.73. The molecule has 130 valence electrons. The topological polar surface area (TPSA) is 65.5 Å². The zero-order valence-corrected chi connectivity index (χ0v) is 17.6. The van der Waals surface area contributed by atoms with Gasteiger partial charge in [0.15, 0.2) is 0 Å². The molecular weight excluding hydrogens is 500 g/mol. The zero-order valence-electron chi connectivity index (χ0n) is 13.7. The molecule has 0 saturated heterocycles. The minimum atomic E-state index is -1.29. The van der Waals surface area contributed by atoms with Crippen molar-refractivity contribution in [2.75, 3.05) is 14.2 Å². The molecule has 2 aromatic rings. The summed E-state index contributed by atoms with van der Waals surface area (Å²) in [6.45, 7) is 0. The van der Waals surface area contributed by atoms with Gasteiger partial charge in [0, 0.05) is 0 Å². The second kappa shape index (κ2) is 7.43. The molecule has 7 heteroatoms. The first kappa shape index (κ1) is 18.4. The van der Waals surface area contributed by atoms with Gasteiger partial charge >= 0.3 is 166 Å². The van der Waals surface area contributed by atoms with E-state index in [1.54, 1.807) is 6.20 Å². The molecule has 0 N–H and O–H groups in total. The Bertz CT molecular complexity index is 824. The molecule has 0 aliphatic heterocycles. The van der Waals surface area contributed by atoms with Gasteiger partial charge in [-0.25, -0.2) is 0 Å². The molecule has 0 spiro atoms. The van der Waals surface area contributed by atoms with Crippen LogP contribution >= 0.6 is 22.6 Å². The van der Waals surface area contributed by atoms with Crippen LogP contribution in [0.2, 0.25) is 0 Å². The Labute approximate surface area is 165 Å². The van der Waals surface area contributed by atoms with Gasteiger partial charge in [0.25, 0.3) is 0 Å². The number of hydrogen-bond donors (Lipinski definition) is 0. The van der Waals surface area contributed by atoms with Crippen molar-refractivity contribution in [1.82, 2.24) is 4.98 Å². The zero-order chi connectivity index (χ0) is 18.0. The van der Waals surface area contributed by atoms with Crippen LogP contribution in [0.3, 0.4) is 0 Å². The number of ether oxygens (including phenoxy) is 2. The van der Waals surface area contributed by atoms with Gasteiger partial charge in [0.05, 0.1) is 0 Å². The fourth-order valence-electron chi connectivity index (χ4n) is 3.00. The third-order valence-electron chi connectivity index (χ3n) is 4.25. The number of halogens is 1. The normalized spacial score (nSPS) is 14.7. The molecular formula is C18H16INO4Se. The van der Waals surface area contributed by atoms with E-state index < -0.39 is 17.4 Å². The van der Waals surface area contributed by atoms with Gasteiger partial charge in [-0.1, -0.05) is 0 Å². The molecule has 5 nitrogen and oxygen atoms in total. The van der Waals surface area contributed by atoms with Gasteiger partial charge in [-0.05, 0) is 0 Å². The Kier molecular flexibility index (Phi) is 5.46. The number of carbonyl (C=O) groups is 2. The Morgan fingerprint density at radius 1 is 1.12 bits per heavy atom. The van der Waals surface area contributed by atoms with E-state index in [1.165, 1.54) is 22.3 Å². The molecule has 1 heterocycles. The van der Waals surface area contributed by atoms with Gasteiger partial charge in [-0.15, -0.1) is 0 Å². The Hall–Kier alpha value is -1.44. The van der Waals surface area contributed by atoms with Gasteiger partial charge in [0.2, 0.25) is 0 Å². The first-order valence-corrected chi connectivity index (χ1v) is 10.4. The Morgan fingerprint density at radius 3 is 2.40 bits per heavy atom. The molecule has 1 aromatic heterocycles. The summed E-state index contributed by atoms with van der Waals surface area (Å²) >= 11 is 2.39. The molecule has 0 fully saturated rings. The van der Waals surface area contributed by atoms with Crippen molar-refractivity contribution in [3.8, 4) is 0 Å². The van der Waals surface area contributed by atoms with Crippen molar-refractivity contribution in [1.29, 1.82) is 0 Å². The van der Waals surface area contributed by atoms with Crippen LogP contribution in [0.25, 0.3) is 0 Å². The van der Waals surface area contributed by atoms with Crippen LogP contribution in [0.1, 0.15) is 11.1 Å². The molecule has 0 amide bonds. The molecule has 0 saturated carbocycles. The number of aromatic nitrogens is 1. The van der Waals surface area contributed by atoms with E-state index in [0.29, 0.717) is 6.42 Å². The number of esters is 2. The van der Waals surface area contributed by atoms with Crippen LogP contribution in [0.15, 0.2) is 36.5 Å². The number of benzene rings is 1. The summed E-state index contributed by atoms with van der Waals surface area (Å²) in [6.07, 6.45) is 2.33. The van der Waals surface area contributed by atoms with Crippen molar-refractivity contribution < 1.29 is 19.1 Å².